The van der Waals surface area contributed by atoms with E-state index in [-0.39, 0.29) is 41.1 Å². The molecule has 3 heterocycles. The Kier molecular flexibility index (Phi) is 7.26. The quantitative estimate of drug-likeness (QED) is 0.343. The molecule has 0 radical (unpaired) electrons. The first-order chi connectivity index (χ1) is 18.2. The van der Waals surface area contributed by atoms with E-state index in [1.807, 2.05) is 0 Å². The number of aromatic nitrogens is 5. The van der Waals surface area contributed by atoms with Crippen LogP contribution in [0.1, 0.15) is 48.0 Å². The Morgan fingerprint density at radius 1 is 1.03 bits per heavy atom. The number of aliphatic hydroxyl groups is 1. The van der Waals surface area contributed by atoms with Gasteiger partial charge in [-0.3, -0.25) is 9.36 Å². The van der Waals surface area contributed by atoms with E-state index in [4.69, 9.17) is 4.74 Å². The van der Waals surface area contributed by atoms with E-state index in [2.05, 4.69) is 19.9 Å². The summed E-state index contributed by atoms with van der Waals surface area (Å²) in [5.41, 5.74) is -1.38. The molecule has 0 atom stereocenters. The summed E-state index contributed by atoms with van der Waals surface area (Å²) in [4.78, 5) is 29.4. The van der Waals surface area contributed by atoms with Crippen molar-refractivity contribution in [3.63, 3.8) is 0 Å². The average Bonchev–Trinajstić information content (AvgIpc) is 2.86. The van der Waals surface area contributed by atoms with E-state index in [0.29, 0.717) is 16.8 Å². The molecule has 0 aliphatic rings. The summed E-state index contributed by atoms with van der Waals surface area (Å²) >= 11 is 0. The average molecular weight is 544 g/mol. The maximum Gasteiger partial charge on any atom is 0.433 e. The van der Waals surface area contributed by atoms with Crippen molar-refractivity contribution < 1.29 is 27.4 Å². The van der Waals surface area contributed by atoms with E-state index >= 15 is 0 Å². The monoisotopic (exact) mass is 543 g/mol. The van der Waals surface area contributed by atoms with Crippen LogP contribution < -0.4 is 10.3 Å². The largest absolute Gasteiger partial charge is 0.471 e. The summed E-state index contributed by atoms with van der Waals surface area (Å²) in [6.07, 6.45) is -3.62. The molecule has 3 aromatic heterocycles. The van der Waals surface area contributed by atoms with E-state index in [1.165, 1.54) is 37.5 Å². The normalized spacial score (nSPS) is 12.1. The van der Waals surface area contributed by atoms with Gasteiger partial charge in [0.25, 0.3) is 5.56 Å². The number of alkyl halides is 3. The molecule has 4 aromatic rings. The number of hydrogen-bond donors (Lipinski definition) is 1. The molecule has 1 N–H and O–H groups in total. The molecule has 0 unspecified atom stereocenters. The zero-order valence-corrected chi connectivity index (χ0v) is 21.8. The molecule has 0 spiro atoms. The highest BCUT2D eigenvalue weighted by Gasteiger charge is 2.32. The van der Waals surface area contributed by atoms with Crippen LogP contribution in [-0.4, -0.2) is 29.6 Å². The van der Waals surface area contributed by atoms with Crippen molar-refractivity contribution in [1.29, 1.82) is 0 Å². The number of halogens is 4. The first-order valence-electron chi connectivity index (χ1n) is 11.8. The maximum atomic E-state index is 14.7. The molecule has 0 saturated carbocycles. The molecule has 4 rings (SSSR count). The Hall–Kier alpha value is -4.19. The third-order valence-corrected chi connectivity index (χ3v) is 5.90. The number of aryl methyl sites for hydroxylation is 2. The molecule has 1 aromatic carbocycles. The predicted octanol–water partition coefficient (Wildman–Crippen LogP) is 4.97. The van der Waals surface area contributed by atoms with Gasteiger partial charge in [0, 0.05) is 5.56 Å². The topological polar surface area (TPSA) is 103 Å². The van der Waals surface area contributed by atoms with E-state index in [0.717, 1.165) is 12.3 Å². The van der Waals surface area contributed by atoms with Crippen molar-refractivity contribution in [2.75, 3.05) is 0 Å². The van der Waals surface area contributed by atoms with Crippen molar-refractivity contribution in [2.45, 2.75) is 53.0 Å². The molecular formula is C27H25F4N5O3. The summed E-state index contributed by atoms with van der Waals surface area (Å²) in [5.74, 6) is -0.483. The van der Waals surface area contributed by atoms with Gasteiger partial charge in [-0.25, -0.2) is 19.3 Å². The minimum Gasteiger partial charge on any atom is -0.471 e. The Labute approximate surface area is 221 Å². The second kappa shape index (κ2) is 10.2. The molecule has 0 aliphatic heterocycles. The fourth-order valence-electron chi connectivity index (χ4n) is 3.83. The van der Waals surface area contributed by atoms with Gasteiger partial charge in [-0.05, 0) is 58.4 Å². The van der Waals surface area contributed by atoms with Crippen molar-refractivity contribution in [3.8, 4) is 22.8 Å². The Balaban J connectivity index is 1.71. The standard InChI is InChI=1S/C27H25F4N5O3/c1-14-9-10-17(22-19(28)12-32-25(35-22)26(4,5)38)11-20(14)36-16(3)33-23(15(2)24(36)37)39-13-18-7-6-8-21(34-18)27(29,30)31/h6-12,38H,13H2,1-5H3. The van der Waals surface area contributed by atoms with E-state index in [9.17, 15) is 27.5 Å². The number of nitrogens with zero attached hydrogens (tertiary/aromatic N) is 5. The van der Waals surface area contributed by atoms with Crippen LogP contribution in [0.3, 0.4) is 0 Å². The Morgan fingerprint density at radius 3 is 2.41 bits per heavy atom. The third-order valence-electron chi connectivity index (χ3n) is 5.90. The van der Waals surface area contributed by atoms with Gasteiger partial charge in [0.1, 0.15) is 29.4 Å². The predicted molar refractivity (Wildman–Crippen MR) is 134 cm³/mol. The molecule has 204 valence electrons. The molecule has 8 nitrogen and oxygen atoms in total. The zero-order valence-electron chi connectivity index (χ0n) is 21.8. The molecule has 0 fully saturated rings. The fourth-order valence-corrected chi connectivity index (χ4v) is 3.83. The highest BCUT2D eigenvalue weighted by molar-refractivity contribution is 5.64. The lowest BCUT2D eigenvalue weighted by molar-refractivity contribution is -0.141. The van der Waals surface area contributed by atoms with E-state index in [1.54, 1.807) is 32.0 Å². The maximum absolute atomic E-state index is 14.7. The first kappa shape index (κ1) is 27.8. The minimum absolute atomic E-state index is 0.0219. The fraction of sp³-hybridized carbons (Fsp3) is 0.296. The van der Waals surface area contributed by atoms with Crippen molar-refractivity contribution in [1.82, 2.24) is 24.5 Å². The summed E-state index contributed by atoms with van der Waals surface area (Å²) in [6.45, 7) is 7.46. The van der Waals surface area contributed by atoms with Gasteiger partial charge >= 0.3 is 6.18 Å². The van der Waals surface area contributed by atoms with Crippen LogP contribution >= 0.6 is 0 Å². The van der Waals surface area contributed by atoms with Crippen molar-refractivity contribution in [2.24, 2.45) is 0 Å². The lowest BCUT2D eigenvalue weighted by Gasteiger charge is -2.18. The molecule has 0 saturated heterocycles. The number of rotatable bonds is 6. The molecule has 0 aliphatic carbocycles. The van der Waals surface area contributed by atoms with Crippen LogP contribution in [0.2, 0.25) is 0 Å². The van der Waals surface area contributed by atoms with Gasteiger partial charge in [0.2, 0.25) is 5.88 Å². The SMILES string of the molecule is Cc1ccc(-c2nc(C(C)(C)O)ncc2F)cc1-n1c(C)nc(OCc2cccc(C(F)(F)F)n2)c(C)c1=O. The highest BCUT2D eigenvalue weighted by atomic mass is 19.4. The summed E-state index contributed by atoms with van der Waals surface area (Å²) in [7, 11) is 0. The van der Waals surface area contributed by atoms with Crippen molar-refractivity contribution >= 4 is 0 Å². The Morgan fingerprint density at radius 2 is 1.74 bits per heavy atom. The Bertz CT molecular complexity index is 1610. The second-order valence-electron chi connectivity index (χ2n) is 9.48. The van der Waals surface area contributed by atoms with Gasteiger partial charge in [-0.2, -0.15) is 18.2 Å². The van der Waals surface area contributed by atoms with Crippen LogP contribution in [0, 0.1) is 26.6 Å². The number of ether oxygens (including phenoxy) is 1. The number of pyridine rings is 1. The van der Waals surface area contributed by atoms with Gasteiger partial charge < -0.3 is 9.84 Å². The molecule has 0 bridgehead atoms. The summed E-state index contributed by atoms with van der Waals surface area (Å²) in [5, 5.41) is 10.3. The van der Waals surface area contributed by atoms with Crippen LogP contribution in [0.4, 0.5) is 17.6 Å². The summed E-state index contributed by atoms with van der Waals surface area (Å²) < 4.78 is 60.5. The minimum atomic E-state index is -4.60. The molecule has 0 amide bonds. The molecular weight excluding hydrogens is 518 g/mol. The van der Waals surface area contributed by atoms with Crippen LogP contribution in [0.25, 0.3) is 16.9 Å². The highest BCUT2D eigenvalue weighted by Crippen LogP contribution is 2.29. The van der Waals surface area contributed by atoms with Crippen LogP contribution in [0.5, 0.6) is 5.88 Å². The van der Waals surface area contributed by atoms with Crippen LogP contribution in [-0.2, 0) is 18.4 Å². The van der Waals surface area contributed by atoms with Gasteiger partial charge in [0.05, 0.1) is 23.1 Å². The van der Waals surface area contributed by atoms with Crippen molar-refractivity contribution in [3.05, 3.63) is 92.9 Å². The lowest BCUT2D eigenvalue weighted by Crippen LogP contribution is -2.26. The number of hydrogen-bond acceptors (Lipinski definition) is 7. The smallest absolute Gasteiger partial charge is 0.433 e. The first-order valence-corrected chi connectivity index (χ1v) is 11.8. The summed E-state index contributed by atoms with van der Waals surface area (Å²) in [6, 6.07) is 8.37. The van der Waals surface area contributed by atoms with Gasteiger partial charge in [0.15, 0.2) is 11.6 Å². The third kappa shape index (κ3) is 5.80. The lowest BCUT2D eigenvalue weighted by atomic mass is 10.0. The molecule has 39 heavy (non-hydrogen) atoms. The van der Waals surface area contributed by atoms with E-state index < -0.39 is 28.8 Å². The van der Waals surface area contributed by atoms with Gasteiger partial charge in [-0.1, -0.05) is 18.2 Å². The second-order valence-corrected chi connectivity index (χ2v) is 9.48. The van der Waals surface area contributed by atoms with Gasteiger partial charge in [-0.15, -0.1) is 0 Å². The van der Waals surface area contributed by atoms with Crippen LogP contribution in [0.15, 0.2) is 47.4 Å². The zero-order chi connectivity index (χ0) is 28.7. The number of benzene rings is 1. The molecule has 12 heteroatoms.